The van der Waals surface area contributed by atoms with Gasteiger partial charge in [-0.3, -0.25) is 14.9 Å². The van der Waals surface area contributed by atoms with Gasteiger partial charge in [0.05, 0.1) is 5.92 Å². The van der Waals surface area contributed by atoms with Crippen LogP contribution in [0.1, 0.15) is 37.2 Å². The number of piperazine rings is 1. The van der Waals surface area contributed by atoms with Crippen molar-refractivity contribution in [2.75, 3.05) is 50.7 Å². The maximum Gasteiger partial charge on any atom is 0.234 e. The van der Waals surface area contributed by atoms with Gasteiger partial charge in [0.1, 0.15) is 0 Å². The molecule has 27 heavy (non-hydrogen) atoms. The molecule has 2 amide bonds. The number of amides is 2. The highest BCUT2D eigenvalue weighted by Crippen LogP contribution is 2.29. The number of carbonyl (C=O) groups is 2. The van der Waals surface area contributed by atoms with Crippen LogP contribution >= 0.6 is 0 Å². The molecule has 0 aromatic heterocycles. The zero-order chi connectivity index (χ0) is 18.6. The van der Waals surface area contributed by atoms with Crippen molar-refractivity contribution in [3.05, 3.63) is 29.8 Å². The molecule has 3 heterocycles. The van der Waals surface area contributed by atoms with Crippen LogP contribution in [-0.4, -0.2) is 62.5 Å². The van der Waals surface area contributed by atoms with E-state index in [4.69, 9.17) is 0 Å². The summed E-state index contributed by atoms with van der Waals surface area (Å²) in [6.07, 6.45) is 3.54. The lowest BCUT2D eigenvalue weighted by Gasteiger charge is -2.37. The van der Waals surface area contributed by atoms with E-state index in [9.17, 15) is 9.59 Å². The van der Waals surface area contributed by atoms with E-state index in [-0.39, 0.29) is 17.7 Å². The third kappa shape index (κ3) is 4.50. The van der Waals surface area contributed by atoms with Gasteiger partial charge in [-0.25, -0.2) is 0 Å². The summed E-state index contributed by atoms with van der Waals surface area (Å²) in [6, 6.07) is 8.38. The van der Waals surface area contributed by atoms with Crippen LogP contribution in [0.4, 0.5) is 5.69 Å². The van der Waals surface area contributed by atoms with Gasteiger partial charge in [-0.1, -0.05) is 12.1 Å². The van der Waals surface area contributed by atoms with E-state index in [0.29, 0.717) is 12.8 Å². The van der Waals surface area contributed by atoms with Gasteiger partial charge in [-0.2, -0.15) is 0 Å². The van der Waals surface area contributed by atoms with Crippen molar-refractivity contribution in [1.29, 1.82) is 0 Å². The first-order valence-corrected chi connectivity index (χ1v) is 10.3. The molecule has 1 aromatic carbocycles. The Morgan fingerprint density at radius 1 is 0.926 bits per heavy atom. The van der Waals surface area contributed by atoms with E-state index in [1.54, 1.807) is 0 Å². The molecule has 0 aliphatic carbocycles. The molecule has 0 radical (unpaired) electrons. The topological polar surface area (TPSA) is 64.7 Å². The quantitative estimate of drug-likeness (QED) is 0.783. The molecule has 3 aliphatic rings. The van der Waals surface area contributed by atoms with Crippen molar-refractivity contribution >= 4 is 17.5 Å². The van der Waals surface area contributed by atoms with E-state index in [2.05, 4.69) is 44.7 Å². The molecule has 0 bridgehead atoms. The second-order valence-electron chi connectivity index (χ2n) is 8.08. The fraction of sp³-hybridized carbons (Fsp3) is 0.619. The van der Waals surface area contributed by atoms with Crippen LogP contribution in [0.15, 0.2) is 24.3 Å². The molecule has 3 saturated heterocycles. The number of nitrogens with zero attached hydrogens (tertiary/aromatic N) is 2. The average molecular weight is 370 g/mol. The first kappa shape index (κ1) is 18.4. The Morgan fingerprint density at radius 3 is 2.30 bits per heavy atom. The van der Waals surface area contributed by atoms with Gasteiger partial charge < -0.3 is 15.1 Å². The Balaban J connectivity index is 1.29. The lowest BCUT2D eigenvalue weighted by molar-refractivity contribution is -0.134. The smallest absolute Gasteiger partial charge is 0.234 e. The molecule has 3 fully saturated rings. The Bertz CT molecular complexity index is 661. The van der Waals surface area contributed by atoms with Gasteiger partial charge in [0.2, 0.25) is 11.8 Å². The largest absolute Gasteiger partial charge is 0.372 e. The Kier molecular flexibility index (Phi) is 5.74. The molecule has 6 nitrogen and oxygen atoms in total. The van der Waals surface area contributed by atoms with Crippen molar-refractivity contribution < 1.29 is 9.59 Å². The molecular formula is C21H30N4O2. The zero-order valence-corrected chi connectivity index (χ0v) is 16.0. The SMILES string of the molecule is O=C1CC[C@@H](c2ccc(N3CCC(CN4CCNCC4)CC3)cc2)C(=O)N1. The number of nitrogens with one attached hydrogen (secondary N) is 2. The molecule has 1 aromatic rings. The number of benzene rings is 1. The number of rotatable bonds is 4. The first-order valence-electron chi connectivity index (χ1n) is 10.3. The number of anilines is 1. The van der Waals surface area contributed by atoms with Gasteiger partial charge in [0, 0.05) is 57.9 Å². The highest BCUT2D eigenvalue weighted by molar-refractivity contribution is 6.00. The molecule has 0 unspecified atom stereocenters. The van der Waals surface area contributed by atoms with Gasteiger partial charge in [0.15, 0.2) is 0 Å². The molecule has 0 saturated carbocycles. The minimum atomic E-state index is -0.193. The van der Waals surface area contributed by atoms with Gasteiger partial charge in [-0.05, 0) is 42.9 Å². The highest BCUT2D eigenvalue weighted by Gasteiger charge is 2.28. The zero-order valence-electron chi connectivity index (χ0n) is 16.0. The minimum absolute atomic E-state index is 0.156. The standard InChI is InChI=1S/C21H30N4O2/c26-20-6-5-19(21(27)23-20)17-1-3-18(4-2-17)25-11-7-16(8-12-25)15-24-13-9-22-10-14-24/h1-4,16,19,22H,5-15H2,(H,23,26,27)/t19-/m0/s1. The second-order valence-corrected chi connectivity index (χ2v) is 8.08. The van der Waals surface area contributed by atoms with E-state index in [0.717, 1.165) is 37.7 Å². The molecule has 2 N–H and O–H groups in total. The second kappa shape index (κ2) is 8.40. The minimum Gasteiger partial charge on any atom is -0.372 e. The maximum absolute atomic E-state index is 12.0. The fourth-order valence-electron chi connectivity index (χ4n) is 4.56. The van der Waals surface area contributed by atoms with Crippen molar-refractivity contribution in [2.24, 2.45) is 5.92 Å². The maximum atomic E-state index is 12.0. The molecule has 1 atom stereocenters. The Labute approximate surface area is 161 Å². The number of imide groups is 1. The van der Waals surface area contributed by atoms with Gasteiger partial charge in [0.25, 0.3) is 0 Å². The van der Waals surface area contributed by atoms with Gasteiger partial charge in [-0.15, -0.1) is 0 Å². The normalized spacial score (nSPS) is 25.5. The summed E-state index contributed by atoms with van der Waals surface area (Å²) in [5, 5.41) is 5.87. The lowest BCUT2D eigenvalue weighted by atomic mass is 9.90. The van der Waals surface area contributed by atoms with Crippen LogP contribution in [0.2, 0.25) is 0 Å². The van der Waals surface area contributed by atoms with Crippen LogP contribution in [0.25, 0.3) is 0 Å². The first-order chi connectivity index (χ1) is 13.2. The Morgan fingerprint density at radius 2 is 1.63 bits per heavy atom. The molecule has 6 heteroatoms. The number of piperidine rings is 2. The monoisotopic (exact) mass is 370 g/mol. The molecule has 146 valence electrons. The summed E-state index contributed by atoms with van der Waals surface area (Å²) >= 11 is 0. The predicted octanol–water partition coefficient (Wildman–Crippen LogP) is 1.33. The molecule has 0 spiro atoms. The third-order valence-corrected chi connectivity index (χ3v) is 6.24. The van der Waals surface area contributed by atoms with Crippen LogP contribution in [0, 0.1) is 5.92 Å². The van der Waals surface area contributed by atoms with E-state index in [1.165, 1.54) is 38.2 Å². The number of hydrogen-bond acceptors (Lipinski definition) is 5. The lowest BCUT2D eigenvalue weighted by Crippen LogP contribution is -2.46. The van der Waals surface area contributed by atoms with Gasteiger partial charge >= 0.3 is 0 Å². The summed E-state index contributed by atoms with van der Waals surface area (Å²) in [4.78, 5) is 28.4. The van der Waals surface area contributed by atoms with E-state index >= 15 is 0 Å². The summed E-state index contributed by atoms with van der Waals surface area (Å²) in [7, 11) is 0. The van der Waals surface area contributed by atoms with Crippen LogP contribution in [-0.2, 0) is 9.59 Å². The summed E-state index contributed by atoms with van der Waals surface area (Å²) in [6.45, 7) is 8.06. The highest BCUT2D eigenvalue weighted by atomic mass is 16.2. The van der Waals surface area contributed by atoms with E-state index < -0.39 is 0 Å². The molecule has 4 rings (SSSR count). The van der Waals surface area contributed by atoms with Crippen molar-refractivity contribution in [3.63, 3.8) is 0 Å². The van der Waals surface area contributed by atoms with Crippen molar-refractivity contribution in [3.8, 4) is 0 Å². The van der Waals surface area contributed by atoms with Crippen LogP contribution in [0.5, 0.6) is 0 Å². The van der Waals surface area contributed by atoms with Crippen molar-refractivity contribution in [2.45, 2.75) is 31.6 Å². The Hall–Kier alpha value is -1.92. The number of hydrogen-bond donors (Lipinski definition) is 2. The summed E-state index contributed by atoms with van der Waals surface area (Å²) in [5.41, 5.74) is 2.25. The summed E-state index contributed by atoms with van der Waals surface area (Å²) < 4.78 is 0. The average Bonchev–Trinajstić information content (AvgIpc) is 2.70. The number of carbonyl (C=O) groups excluding carboxylic acids is 2. The van der Waals surface area contributed by atoms with Crippen LogP contribution < -0.4 is 15.5 Å². The molecule has 3 aliphatic heterocycles. The predicted molar refractivity (Wildman–Crippen MR) is 106 cm³/mol. The fourth-order valence-corrected chi connectivity index (χ4v) is 4.56. The van der Waals surface area contributed by atoms with E-state index in [1.807, 2.05) is 0 Å². The molecular weight excluding hydrogens is 340 g/mol. The third-order valence-electron chi connectivity index (χ3n) is 6.24. The van der Waals surface area contributed by atoms with Crippen LogP contribution in [0.3, 0.4) is 0 Å². The van der Waals surface area contributed by atoms with Crippen molar-refractivity contribution in [1.82, 2.24) is 15.5 Å². The summed E-state index contributed by atoms with van der Waals surface area (Å²) in [5.74, 6) is 0.299.